The molecule has 4 rings (SSSR count). The second-order valence-electron chi connectivity index (χ2n) is 5.86. The molecule has 0 bridgehead atoms. The van der Waals surface area contributed by atoms with Crippen LogP contribution in [0.1, 0.15) is 16.9 Å². The van der Waals surface area contributed by atoms with Gasteiger partial charge in [-0.1, -0.05) is 12.1 Å². The highest BCUT2D eigenvalue weighted by Crippen LogP contribution is 2.20. The summed E-state index contributed by atoms with van der Waals surface area (Å²) in [5.41, 5.74) is 1.66. The molecule has 2 fully saturated rings. The molecule has 1 aromatic carbocycles. The molecule has 0 saturated carbocycles. The number of amides is 4. The summed E-state index contributed by atoms with van der Waals surface area (Å²) in [5.74, 6) is -0.479. The number of carbonyl (C=O) groups excluding carboxylic acids is 3. The minimum absolute atomic E-state index is 0.0272. The minimum atomic E-state index is -0.384. The maximum absolute atomic E-state index is 12.6. The lowest BCUT2D eigenvalue weighted by molar-refractivity contribution is -0.126. The van der Waals surface area contributed by atoms with Crippen LogP contribution in [0.15, 0.2) is 30.5 Å². The van der Waals surface area contributed by atoms with Crippen molar-refractivity contribution in [2.24, 2.45) is 0 Å². The van der Waals surface area contributed by atoms with Gasteiger partial charge < -0.3 is 10.2 Å². The first-order valence-electron chi connectivity index (χ1n) is 7.74. The van der Waals surface area contributed by atoms with Crippen LogP contribution < -0.4 is 5.32 Å². The van der Waals surface area contributed by atoms with Gasteiger partial charge in [-0.25, -0.2) is 9.78 Å². The Hall–Kier alpha value is -3.03. The van der Waals surface area contributed by atoms with Crippen LogP contribution >= 0.6 is 0 Å². The summed E-state index contributed by atoms with van der Waals surface area (Å²) >= 11 is 0. The predicted octanol–water partition coefficient (Wildman–Crippen LogP) is 0.396. The molecule has 24 heavy (non-hydrogen) atoms. The number of nitrogens with zero attached hydrogens (tertiary/aromatic N) is 4. The van der Waals surface area contributed by atoms with Crippen molar-refractivity contribution in [1.29, 1.82) is 0 Å². The predicted molar refractivity (Wildman–Crippen MR) is 84.1 cm³/mol. The van der Waals surface area contributed by atoms with Gasteiger partial charge in [0.15, 0.2) is 0 Å². The molecule has 2 saturated heterocycles. The first kappa shape index (κ1) is 14.6. The molecular weight excluding hydrogens is 310 g/mol. The monoisotopic (exact) mass is 325 g/mol. The zero-order chi connectivity index (χ0) is 16.7. The van der Waals surface area contributed by atoms with E-state index in [0.29, 0.717) is 25.0 Å². The second kappa shape index (κ2) is 5.55. The lowest BCUT2D eigenvalue weighted by atomic mass is 10.2. The van der Waals surface area contributed by atoms with Crippen molar-refractivity contribution in [3.8, 4) is 0 Å². The smallest absolute Gasteiger partial charge is 0.324 e. The van der Waals surface area contributed by atoms with Crippen LogP contribution in [0.25, 0.3) is 11.0 Å². The lowest BCUT2D eigenvalue weighted by Crippen LogP contribution is -2.43. The largest absolute Gasteiger partial charge is 0.335 e. The number of urea groups is 1. The zero-order valence-corrected chi connectivity index (χ0v) is 12.8. The van der Waals surface area contributed by atoms with Crippen molar-refractivity contribution in [2.75, 3.05) is 19.6 Å². The molecule has 1 unspecified atom stereocenters. The van der Waals surface area contributed by atoms with Crippen molar-refractivity contribution in [3.63, 3.8) is 0 Å². The van der Waals surface area contributed by atoms with E-state index >= 15 is 0 Å². The Kier molecular flexibility index (Phi) is 3.37. The van der Waals surface area contributed by atoms with E-state index in [1.54, 1.807) is 11.0 Å². The van der Waals surface area contributed by atoms with Crippen LogP contribution in [-0.4, -0.2) is 63.3 Å². The van der Waals surface area contributed by atoms with E-state index in [-0.39, 0.29) is 36.1 Å². The number of imide groups is 1. The number of likely N-dealkylation sites (tertiary alicyclic amines) is 1. The van der Waals surface area contributed by atoms with Crippen molar-refractivity contribution in [1.82, 2.24) is 25.1 Å². The van der Waals surface area contributed by atoms with Gasteiger partial charge in [-0.2, -0.15) is 0 Å². The molecule has 8 nitrogen and oxygen atoms in total. The standard InChI is InChI=1S/C16H15N5O3/c22-14-8-18-16(24)21(14)10-5-6-20(9-10)15(23)13-7-17-11-3-1-2-4-12(11)19-13/h1-4,7,10H,5-6,8-9H2,(H,18,24). The summed E-state index contributed by atoms with van der Waals surface area (Å²) in [6.45, 7) is 0.834. The van der Waals surface area contributed by atoms with Gasteiger partial charge in [-0.3, -0.25) is 19.5 Å². The van der Waals surface area contributed by atoms with Crippen LogP contribution in [0.3, 0.4) is 0 Å². The highest BCUT2D eigenvalue weighted by atomic mass is 16.2. The molecule has 0 spiro atoms. The molecule has 2 aliphatic heterocycles. The Morgan fingerprint density at radius 1 is 1.21 bits per heavy atom. The minimum Gasteiger partial charge on any atom is -0.335 e. The van der Waals surface area contributed by atoms with E-state index < -0.39 is 0 Å². The summed E-state index contributed by atoms with van der Waals surface area (Å²) in [6, 6.07) is 6.68. The second-order valence-corrected chi connectivity index (χ2v) is 5.86. The van der Waals surface area contributed by atoms with Gasteiger partial charge in [-0.05, 0) is 18.6 Å². The quantitative estimate of drug-likeness (QED) is 0.806. The summed E-state index contributed by atoms with van der Waals surface area (Å²) in [7, 11) is 0. The highest BCUT2D eigenvalue weighted by Gasteiger charge is 2.39. The number of nitrogens with one attached hydrogen (secondary N) is 1. The topological polar surface area (TPSA) is 95.5 Å². The number of hydrogen-bond donors (Lipinski definition) is 1. The van der Waals surface area contributed by atoms with E-state index in [0.717, 1.165) is 5.52 Å². The Bertz CT molecular complexity index is 836. The zero-order valence-electron chi connectivity index (χ0n) is 12.8. The van der Waals surface area contributed by atoms with E-state index in [9.17, 15) is 14.4 Å². The number of benzene rings is 1. The number of rotatable bonds is 2. The summed E-state index contributed by atoms with van der Waals surface area (Å²) in [4.78, 5) is 47.6. The fourth-order valence-electron chi connectivity index (χ4n) is 3.16. The number of fused-ring (bicyclic) bond motifs is 1. The Morgan fingerprint density at radius 3 is 2.75 bits per heavy atom. The molecule has 2 aliphatic rings. The fraction of sp³-hybridized carbons (Fsp3) is 0.312. The Morgan fingerprint density at radius 2 is 2.00 bits per heavy atom. The maximum atomic E-state index is 12.6. The van der Waals surface area contributed by atoms with Gasteiger partial charge in [-0.15, -0.1) is 0 Å². The third kappa shape index (κ3) is 2.36. The van der Waals surface area contributed by atoms with Gasteiger partial charge in [0.1, 0.15) is 5.69 Å². The van der Waals surface area contributed by atoms with Crippen molar-refractivity contribution < 1.29 is 14.4 Å². The summed E-state index contributed by atoms with van der Waals surface area (Å²) in [5, 5.41) is 2.50. The van der Waals surface area contributed by atoms with Crippen molar-refractivity contribution >= 4 is 28.9 Å². The summed E-state index contributed by atoms with van der Waals surface area (Å²) in [6.07, 6.45) is 2.04. The number of hydrogen-bond acceptors (Lipinski definition) is 5. The highest BCUT2D eigenvalue weighted by molar-refractivity contribution is 6.02. The first-order chi connectivity index (χ1) is 11.6. The SMILES string of the molecule is O=C(c1cnc2ccccc2n1)N1CCC(N2C(=O)CNC2=O)C1. The third-order valence-corrected chi connectivity index (χ3v) is 4.36. The van der Waals surface area contributed by atoms with Crippen molar-refractivity contribution in [2.45, 2.75) is 12.5 Å². The Labute approximate surface area is 137 Å². The van der Waals surface area contributed by atoms with E-state index in [2.05, 4.69) is 15.3 Å². The molecule has 1 aromatic heterocycles. The Balaban J connectivity index is 1.52. The normalized spacial score (nSPS) is 20.8. The molecule has 122 valence electrons. The molecule has 2 aromatic rings. The van der Waals surface area contributed by atoms with Crippen LogP contribution in [0, 0.1) is 0 Å². The summed E-state index contributed by atoms with van der Waals surface area (Å²) < 4.78 is 0. The van der Waals surface area contributed by atoms with Gasteiger partial charge in [0.05, 0.1) is 29.8 Å². The molecule has 1 atom stereocenters. The molecule has 3 heterocycles. The third-order valence-electron chi connectivity index (χ3n) is 4.36. The molecule has 0 radical (unpaired) electrons. The van der Waals surface area contributed by atoms with Gasteiger partial charge in [0.25, 0.3) is 5.91 Å². The van der Waals surface area contributed by atoms with E-state index in [1.165, 1.54) is 11.1 Å². The van der Waals surface area contributed by atoms with Crippen molar-refractivity contribution in [3.05, 3.63) is 36.2 Å². The average Bonchev–Trinajstić information content (AvgIpc) is 3.20. The van der Waals surface area contributed by atoms with Crippen LogP contribution in [0.2, 0.25) is 0 Å². The van der Waals surface area contributed by atoms with Gasteiger partial charge >= 0.3 is 6.03 Å². The van der Waals surface area contributed by atoms with Gasteiger partial charge in [0.2, 0.25) is 5.91 Å². The lowest BCUT2D eigenvalue weighted by Gasteiger charge is -2.21. The van der Waals surface area contributed by atoms with Crippen LogP contribution in [0.4, 0.5) is 4.79 Å². The molecular formula is C16H15N5O3. The average molecular weight is 325 g/mol. The van der Waals surface area contributed by atoms with Crippen LogP contribution in [-0.2, 0) is 4.79 Å². The van der Waals surface area contributed by atoms with Gasteiger partial charge in [0, 0.05) is 13.1 Å². The number of carbonyl (C=O) groups is 3. The number of aromatic nitrogens is 2. The fourth-order valence-corrected chi connectivity index (χ4v) is 3.16. The van der Waals surface area contributed by atoms with Crippen LogP contribution in [0.5, 0.6) is 0 Å². The first-order valence-corrected chi connectivity index (χ1v) is 7.74. The number of para-hydroxylation sites is 2. The van der Waals surface area contributed by atoms with E-state index in [4.69, 9.17) is 0 Å². The maximum Gasteiger partial charge on any atom is 0.324 e. The molecule has 1 N–H and O–H groups in total. The molecule has 4 amide bonds. The molecule has 0 aliphatic carbocycles. The van der Waals surface area contributed by atoms with E-state index in [1.807, 2.05) is 18.2 Å². The molecule has 8 heteroatoms.